The second-order valence-electron chi connectivity index (χ2n) is 5.32. The van der Waals surface area contributed by atoms with Crippen molar-refractivity contribution in [2.75, 3.05) is 19.4 Å². The molecule has 0 bridgehead atoms. The molecule has 0 unspecified atom stereocenters. The van der Waals surface area contributed by atoms with E-state index in [9.17, 15) is 9.18 Å². The van der Waals surface area contributed by atoms with E-state index < -0.39 is 5.91 Å². The lowest BCUT2D eigenvalue weighted by Crippen LogP contribution is -2.11. The van der Waals surface area contributed by atoms with Crippen LogP contribution in [0.4, 0.5) is 10.1 Å². The Kier molecular flexibility index (Phi) is 3.68. The fourth-order valence-corrected chi connectivity index (χ4v) is 2.32. The third-order valence-electron chi connectivity index (χ3n) is 3.26. The number of furan rings is 1. The molecule has 1 aromatic carbocycles. The summed E-state index contributed by atoms with van der Waals surface area (Å²) in [6.07, 6.45) is 1.56. The van der Waals surface area contributed by atoms with Crippen molar-refractivity contribution < 1.29 is 13.6 Å². The van der Waals surface area contributed by atoms with Gasteiger partial charge in [0.15, 0.2) is 5.76 Å². The molecular formula is C16H16FN3O2. The Hall–Kier alpha value is -2.60. The van der Waals surface area contributed by atoms with Crippen LogP contribution < -0.4 is 5.32 Å². The number of carbonyl (C=O) groups is 1. The van der Waals surface area contributed by atoms with E-state index in [2.05, 4.69) is 10.3 Å². The number of nitrogens with zero attached hydrogens (tertiary/aromatic N) is 1. The standard InChI is InChI=1S/C16H16FN3O2/c1-20(2)9-10-6-7-14(22-10)16(21)19-13-8-18-12-5-3-4-11(17)15(12)13/h3-8,18H,9H2,1-2H3,(H,19,21). The van der Waals surface area contributed by atoms with Gasteiger partial charge in [0.05, 0.1) is 23.1 Å². The SMILES string of the molecule is CN(C)Cc1ccc(C(=O)Nc2c[nH]c3cccc(F)c23)o1. The molecular weight excluding hydrogens is 285 g/mol. The highest BCUT2D eigenvalue weighted by molar-refractivity contribution is 6.07. The Morgan fingerprint density at radius 1 is 1.32 bits per heavy atom. The average molecular weight is 301 g/mol. The van der Waals surface area contributed by atoms with E-state index in [4.69, 9.17) is 4.42 Å². The maximum atomic E-state index is 13.9. The molecule has 114 valence electrons. The first-order chi connectivity index (χ1) is 10.5. The summed E-state index contributed by atoms with van der Waals surface area (Å²) in [6.45, 7) is 0.606. The molecule has 0 spiro atoms. The number of rotatable bonds is 4. The van der Waals surface area contributed by atoms with Crippen LogP contribution in [0, 0.1) is 5.82 Å². The molecule has 22 heavy (non-hydrogen) atoms. The van der Waals surface area contributed by atoms with Gasteiger partial charge in [0, 0.05) is 6.20 Å². The van der Waals surface area contributed by atoms with E-state index >= 15 is 0 Å². The largest absolute Gasteiger partial charge is 0.455 e. The van der Waals surface area contributed by atoms with Crippen LogP contribution in [0.3, 0.4) is 0 Å². The number of aromatic amines is 1. The highest BCUT2D eigenvalue weighted by atomic mass is 19.1. The average Bonchev–Trinajstić information content (AvgIpc) is 3.06. The van der Waals surface area contributed by atoms with Crippen molar-refractivity contribution in [1.82, 2.24) is 9.88 Å². The van der Waals surface area contributed by atoms with Crippen molar-refractivity contribution >= 4 is 22.5 Å². The van der Waals surface area contributed by atoms with Gasteiger partial charge in [-0.05, 0) is 38.4 Å². The molecule has 1 amide bonds. The van der Waals surface area contributed by atoms with E-state index in [1.165, 1.54) is 6.07 Å². The number of aromatic nitrogens is 1. The quantitative estimate of drug-likeness (QED) is 0.778. The van der Waals surface area contributed by atoms with Crippen LogP contribution in [0.2, 0.25) is 0 Å². The molecule has 0 atom stereocenters. The van der Waals surface area contributed by atoms with Gasteiger partial charge in [-0.1, -0.05) is 6.07 Å². The molecule has 2 heterocycles. The van der Waals surface area contributed by atoms with E-state index in [-0.39, 0.29) is 11.6 Å². The number of amides is 1. The van der Waals surface area contributed by atoms with Crippen LogP contribution >= 0.6 is 0 Å². The first-order valence-electron chi connectivity index (χ1n) is 6.85. The first-order valence-corrected chi connectivity index (χ1v) is 6.85. The molecule has 0 aliphatic rings. The third kappa shape index (κ3) is 2.73. The molecule has 3 aromatic rings. The number of benzene rings is 1. The summed E-state index contributed by atoms with van der Waals surface area (Å²) in [6, 6.07) is 8.08. The second-order valence-corrected chi connectivity index (χ2v) is 5.32. The Balaban J connectivity index is 1.82. The molecule has 2 aromatic heterocycles. The minimum atomic E-state index is -0.408. The molecule has 0 saturated carbocycles. The van der Waals surface area contributed by atoms with Crippen molar-refractivity contribution in [3.05, 3.63) is 53.9 Å². The molecule has 0 saturated heterocycles. The Morgan fingerprint density at radius 3 is 2.91 bits per heavy atom. The number of hydrogen-bond acceptors (Lipinski definition) is 3. The fourth-order valence-electron chi connectivity index (χ4n) is 2.32. The van der Waals surface area contributed by atoms with E-state index in [0.717, 1.165) is 0 Å². The van der Waals surface area contributed by atoms with Gasteiger partial charge in [0.2, 0.25) is 0 Å². The number of nitrogens with one attached hydrogen (secondary N) is 2. The van der Waals surface area contributed by atoms with Crippen molar-refractivity contribution in [2.45, 2.75) is 6.54 Å². The van der Waals surface area contributed by atoms with Gasteiger partial charge >= 0.3 is 0 Å². The highest BCUT2D eigenvalue weighted by Gasteiger charge is 2.15. The number of fused-ring (bicyclic) bond motifs is 1. The van der Waals surface area contributed by atoms with Crippen LogP contribution in [0.1, 0.15) is 16.3 Å². The van der Waals surface area contributed by atoms with Crippen molar-refractivity contribution in [1.29, 1.82) is 0 Å². The first kappa shape index (κ1) is 14.3. The lowest BCUT2D eigenvalue weighted by molar-refractivity contribution is 0.0994. The minimum absolute atomic E-state index is 0.197. The van der Waals surface area contributed by atoms with Gasteiger partial charge in [-0.15, -0.1) is 0 Å². The van der Waals surface area contributed by atoms with Crippen molar-refractivity contribution in [2.24, 2.45) is 0 Å². The van der Waals surface area contributed by atoms with Gasteiger partial charge in [-0.3, -0.25) is 4.79 Å². The third-order valence-corrected chi connectivity index (χ3v) is 3.26. The zero-order valence-electron chi connectivity index (χ0n) is 12.3. The topological polar surface area (TPSA) is 61.3 Å². The number of H-pyrrole nitrogens is 1. The summed E-state index contributed by atoms with van der Waals surface area (Å²) in [7, 11) is 3.83. The normalized spacial score (nSPS) is 11.3. The zero-order valence-corrected chi connectivity index (χ0v) is 12.3. The van der Waals surface area contributed by atoms with Gasteiger partial charge in [-0.25, -0.2) is 4.39 Å². The molecule has 0 aliphatic heterocycles. The van der Waals surface area contributed by atoms with Crippen molar-refractivity contribution in [3.63, 3.8) is 0 Å². The van der Waals surface area contributed by atoms with Crippen LogP contribution in [0.5, 0.6) is 0 Å². The molecule has 6 heteroatoms. The Bertz CT molecular complexity index is 820. The molecule has 0 aliphatic carbocycles. The zero-order chi connectivity index (χ0) is 15.7. The fraction of sp³-hybridized carbons (Fsp3) is 0.188. The summed E-state index contributed by atoms with van der Waals surface area (Å²) >= 11 is 0. The summed E-state index contributed by atoms with van der Waals surface area (Å²) in [5, 5.41) is 3.03. The maximum absolute atomic E-state index is 13.9. The summed E-state index contributed by atoms with van der Waals surface area (Å²) in [5.41, 5.74) is 1.02. The van der Waals surface area contributed by atoms with Gasteiger partial charge in [0.1, 0.15) is 11.6 Å². The highest BCUT2D eigenvalue weighted by Crippen LogP contribution is 2.26. The number of hydrogen-bond donors (Lipinski definition) is 2. The predicted molar refractivity (Wildman–Crippen MR) is 82.3 cm³/mol. The summed E-state index contributed by atoms with van der Waals surface area (Å²) in [4.78, 5) is 17.1. The Labute approximate surface area is 126 Å². The smallest absolute Gasteiger partial charge is 0.291 e. The van der Waals surface area contributed by atoms with E-state index in [0.29, 0.717) is 28.9 Å². The number of anilines is 1. The summed E-state index contributed by atoms with van der Waals surface area (Å²) in [5.74, 6) is 0.0961. The van der Waals surface area contributed by atoms with Crippen LogP contribution in [-0.4, -0.2) is 29.9 Å². The maximum Gasteiger partial charge on any atom is 0.291 e. The Morgan fingerprint density at radius 2 is 2.14 bits per heavy atom. The minimum Gasteiger partial charge on any atom is -0.455 e. The molecule has 0 fully saturated rings. The van der Waals surface area contributed by atoms with Crippen molar-refractivity contribution in [3.8, 4) is 0 Å². The molecule has 0 radical (unpaired) electrons. The summed E-state index contributed by atoms with van der Waals surface area (Å²) < 4.78 is 19.4. The van der Waals surface area contributed by atoms with E-state index in [1.807, 2.05) is 19.0 Å². The lowest BCUT2D eigenvalue weighted by Gasteiger charge is -2.06. The lowest BCUT2D eigenvalue weighted by atomic mass is 10.2. The van der Waals surface area contributed by atoms with Gasteiger partial charge in [-0.2, -0.15) is 0 Å². The number of carbonyl (C=O) groups excluding carboxylic acids is 1. The number of halogens is 1. The van der Waals surface area contributed by atoms with Gasteiger partial charge in [0.25, 0.3) is 5.91 Å². The van der Waals surface area contributed by atoms with Crippen LogP contribution in [-0.2, 0) is 6.54 Å². The van der Waals surface area contributed by atoms with Crippen LogP contribution in [0.15, 0.2) is 40.9 Å². The molecule has 5 nitrogen and oxygen atoms in total. The van der Waals surface area contributed by atoms with Crippen LogP contribution in [0.25, 0.3) is 10.9 Å². The predicted octanol–water partition coefficient (Wildman–Crippen LogP) is 3.21. The monoisotopic (exact) mass is 301 g/mol. The van der Waals surface area contributed by atoms with E-state index in [1.54, 1.807) is 30.5 Å². The molecule has 3 rings (SSSR count). The van der Waals surface area contributed by atoms with Gasteiger partial charge < -0.3 is 19.6 Å². The second kappa shape index (κ2) is 5.65. The molecule has 2 N–H and O–H groups in total.